The van der Waals surface area contributed by atoms with Crippen LogP contribution in [0.15, 0.2) is 30.3 Å². The van der Waals surface area contributed by atoms with Crippen LogP contribution in [0.5, 0.6) is 11.5 Å². The second-order valence-electron chi connectivity index (χ2n) is 5.06. The second kappa shape index (κ2) is 5.37. The van der Waals surface area contributed by atoms with E-state index in [9.17, 15) is 9.90 Å². The highest BCUT2D eigenvalue weighted by Crippen LogP contribution is 2.33. The molecule has 0 saturated heterocycles. The van der Waals surface area contributed by atoms with Crippen LogP contribution in [0.1, 0.15) is 32.6 Å². The molecule has 0 aliphatic heterocycles. The number of hydrogen-bond acceptors (Lipinski definition) is 2. The van der Waals surface area contributed by atoms with Crippen LogP contribution in [0.25, 0.3) is 0 Å². The van der Waals surface area contributed by atoms with Crippen LogP contribution in [0.3, 0.4) is 0 Å². The highest BCUT2D eigenvalue weighted by Gasteiger charge is 2.15. The van der Waals surface area contributed by atoms with Gasteiger partial charge in [0.05, 0.1) is 0 Å². The first-order valence-electron chi connectivity index (χ1n) is 6.48. The molecule has 0 aromatic heterocycles. The molecule has 3 heteroatoms. The van der Waals surface area contributed by atoms with Crippen LogP contribution in [0, 0.1) is 27.7 Å². The summed E-state index contributed by atoms with van der Waals surface area (Å²) in [6.45, 7) is 7.86. The van der Waals surface area contributed by atoms with Crippen molar-refractivity contribution in [3.63, 3.8) is 0 Å². The van der Waals surface area contributed by atoms with Crippen molar-refractivity contribution in [2.75, 3.05) is 0 Å². The molecule has 0 saturated carbocycles. The van der Waals surface area contributed by atoms with Crippen LogP contribution >= 0.6 is 0 Å². The van der Waals surface area contributed by atoms with Crippen molar-refractivity contribution in [3.05, 3.63) is 58.1 Å². The molecule has 0 spiro atoms. The number of benzene rings is 2. The van der Waals surface area contributed by atoms with Gasteiger partial charge in [0.2, 0.25) is 0 Å². The number of aromatic carboxylic acids is 1. The third-order valence-corrected chi connectivity index (χ3v) is 3.45. The molecule has 1 N–H and O–H groups in total. The van der Waals surface area contributed by atoms with E-state index in [4.69, 9.17) is 4.74 Å². The molecule has 0 atom stereocenters. The third kappa shape index (κ3) is 2.67. The van der Waals surface area contributed by atoms with Gasteiger partial charge in [-0.3, -0.25) is 0 Å². The lowest BCUT2D eigenvalue weighted by atomic mass is 10.0. The number of carboxylic acid groups (broad SMARTS) is 1. The van der Waals surface area contributed by atoms with Gasteiger partial charge in [0, 0.05) is 0 Å². The molecular formula is C17H18O3. The number of rotatable bonds is 3. The van der Waals surface area contributed by atoms with Crippen LogP contribution < -0.4 is 4.74 Å². The van der Waals surface area contributed by atoms with E-state index in [2.05, 4.69) is 0 Å². The quantitative estimate of drug-likeness (QED) is 0.898. The van der Waals surface area contributed by atoms with Gasteiger partial charge in [-0.1, -0.05) is 18.2 Å². The van der Waals surface area contributed by atoms with Crippen LogP contribution in [0.2, 0.25) is 0 Å². The van der Waals surface area contributed by atoms with E-state index >= 15 is 0 Å². The zero-order valence-corrected chi connectivity index (χ0v) is 12.2. The first-order valence-corrected chi connectivity index (χ1v) is 6.48. The van der Waals surface area contributed by atoms with Crippen LogP contribution in [-0.4, -0.2) is 11.1 Å². The summed E-state index contributed by atoms with van der Waals surface area (Å²) in [5, 5.41) is 9.25. The number of carboxylic acids is 1. The Morgan fingerprint density at radius 2 is 1.65 bits per heavy atom. The first-order chi connectivity index (χ1) is 9.40. The number of aryl methyl sites for hydroxylation is 3. The molecule has 2 aromatic rings. The molecule has 0 aliphatic rings. The van der Waals surface area contributed by atoms with E-state index in [0.717, 1.165) is 28.0 Å². The Hall–Kier alpha value is -2.29. The molecule has 104 valence electrons. The molecule has 0 bridgehead atoms. The molecular weight excluding hydrogens is 252 g/mol. The van der Waals surface area contributed by atoms with Gasteiger partial charge in [0.25, 0.3) is 0 Å². The smallest absolute Gasteiger partial charge is 0.339 e. The maximum Gasteiger partial charge on any atom is 0.339 e. The number of carbonyl (C=O) groups is 1. The van der Waals surface area contributed by atoms with E-state index < -0.39 is 5.97 Å². The van der Waals surface area contributed by atoms with Crippen molar-refractivity contribution in [2.45, 2.75) is 27.7 Å². The average Bonchev–Trinajstić information content (AvgIpc) is 2.39. The summed E-state index contributed by atoms with van der Waals surface area (Å²) in [7, 11) is 0. The Bertz CT molecular complexity index is 672. The summed E-state index contributed by atoms with van der Waals surface area (Å²) in [5.74, 6) is 0.135. The molecule has 2 aromatic carbocycles. The standard InChI is InChI=1S/C17H18O3/c1-10-5-8-14(17(18)19)15(9-10)20-16-12(3)7-6-11(2)13(16)4/h5-9H,1-4H3,(H,18,19). The topological polar surface area (TPSA) is 46.5 Å². The van der Waals surface area contributed by atoms with Crippen LogP contribution in [0.4, 0.5) is 0 Å². The molecule has 20 heavy (non-hydrogen) atoms. The molecule has 0 heterocycles. The summed E-state index contributed by atoms with van der Waals surface area (Å²) in [6.07, 6.45) is 0. The largest absolute Gasteiger partial charge is 0.478 e. The molecule has 2 rings (SSSR count). The molecule has 0 amide bonds. The lowest BCUT2D eigenvalue weighted by Gasteiger charge is -2.15. The van der Waals surface area contributed by atoms with Gasteiger partial charge < -0.3 is 9.84 Å². The van der Waals surface area contributed by atoms with Crippen molar-refractivity contribution in [2.24, 2.45) is 0 Å². The Balaban J connectivity index is 2.53. The molecule has 3 nitrogen and oxygen atoms in total. The second-order valence-corrected chi connectivity index (χ2v) is 5.06. The Labute approximate surface area is 118 Å². The van der Waals surface area contributed by atoms with Gasteiger partial charge in [-0.25, -0.2) is 4.79 Å². The highest BCUT2D eigenvalue weighted by molar-refractivity contribution is 5.91. The van der Waals surface area contributed by atoms with Crippen molar-refractivity contribution in [1.29, 1.82) is 0 Å². The third-order valence-electron chi connectivity index (χ3n) is 3.45. The predicted molar refractivity (Wildman–Crippen MR) is 78.9 cm³/mol. The Morgan fingerprint density at radius 3 is 2.30 bits per heavy atom. The van der Waals surface area contributed by atoms with Gasteiger partial charge >= 0.3 is 5.97 Å². The van der Waals surface area contributed by atoms with Crippen molar-refractivity contribution in [3.8, 4) is 11.5 Å². The van der Waals surface area contributed by atoms with Gasteiger partial charge in [0.1, 0.15) is 17.1 Å². The van der Waals surface area contributed by atoms with Gasteiger partial charge in [-0.2, -0.15) is 0 Å². The van der Waals surface area contributed by atoms with Gasteiger partial charge in [0.15, 0.2) is 0 Å². The summed E-state index contributed by atoms with van der Waals surface area (Å²) in [5.41, 5.74) is 4.28. The van der Waals surface area contributed by atoms with Gasteiger partial charge in [-0.15, -0.1) is 0 Å². The summed E-state index contributed by atoms with van der Waals surface area (Å²) in [4.78, 5) is 11.3. The monoisotopic (exact) mass is 270 g/mol. The first kappa shape index (κ1) is 14.1. The fraction of sp³-hybridized carbons (Fsp3) is 0.235. The summed E-state index contributed by atoms with van der Waals surface area (Å²) < 4.78 is 5.91. The molecule has 0 fully saturated rings. The summed E-state index contributed by atoms with van der Waals surface area (Å²) >= 11 is 0. The Morgan fingerprint density at radius 1 is 1.00 bits per heavy atom. The van der Waals surface area contributed by atoms with E-state index in [1.165, 1.54) is 0 Å². The van der Waals surface area contributed by atoms with E-state index in [1.807, 2.05) is 39.8 Å². The lowest BCUT2D eigenvalue weighted by Crippen LogP contribution is -2.02. The Kier molecular flexibility index (Phi) is 3.79. The zero-order valence-electron chi connectivity index (χ0n) is 12.2. The maximum absolute atomic E-state index is 11.3. The molecule has 0 unspecified atom stereocenters. The fourth-order valence-electron chi connectivity index (χ4n) is 2.08. The zero-order chi connectivity index (χ0) is 14.9. The number of ether oxygens (including phenoxy) is 1. The predicted octanol–water partition coefficient (Wildman–Crippen LogP) is 4.41. The fourth-order valence-corrected chi connectivity index (χ4v) is 2.08. The minimum absolute atomic E-state index is 0.177. The number of hydrogen-bond donors (Lipinski definition) is 1. The normalized spacial score (nSPS) is 10.4. The van der Waals surface area contributed by atoms with Crippen molar-refractivity contribution < 1.29 is 14.6 Å². The van der Waals surface area contributed by atoms with Crippen molar-refractivity contribution in [1.82, 2.24) is 0 Å². The SMILES string of the molecule is Cc1ccc(C(=O)O)c(Oc2c(C)ccc(C)c2C)c1. The lowest BCUT2D eigenvalue weighted by molar-refractivity contribution is 0.0694. The van der Waals surface area contributed by atoms with E-state index in [-0.39, 0.29) is 5.56 Å². The highest BCUT2D eigenvalue weighted by atomic mass is 16.5. The maximum atomic E-state index is 11.3. The van der Waals surface area contributed by atoms with E-state index in [0.29, 0.717) is 5.75 Å². The van der Waals surface area contributed by atoms with E-state index in [1.54, 1.807) is 18.2 Å². The van der Waals surface area contributed by atoms with Crippen LogP contribution in [-0.2, 0) is 0 Å². The minimum atomic E-state index is -0.983. The molecule has 0 radical (unpaired) electrons. The van der Waals surface area contributed by atoms with Gasteiger partial charge in [-0.05, 0) is 62.1 Å². The minimum Gasteiger partial charge on any atom is -0.478 e. The molecule has 0 aliphatic carbocycles. The average molecular weight is 270 g/mol. The van der Waals surface area contributed by atoms with Crippen molar-refractivity contribution >= 4 is 5.97 Å². The summed E-state index contributed by atoms with van der Waals surface area (Å²) in [6, 6.07) is 9.12.